The van der Waals surface area contributed by atoms with Crippen molar-refractivity contribution < 1.29 is 0 Å². The fourth-order valence-corrected chi connectivity index (χ4v) is 3.27. The standard InChI is InChI=1S/C18H15N2P/c21-12-18-15-9-3-4-10-16(15)19-20(18)17-11-5-7-13-6-1-2-8-14(13)17/h1-11H,12,21H2. The molecule has 4 rings (SSSR count). The van der Waals surface area contributed by atoms with Crippen LogP contribution in [-0.4, -0.2) is 9.78 Å². The minimum atomic E-state index is 0.879. The van der Waals surface area contributed by atoms with Crippen LogP contribution in [-0.2, 0) is 6.16 Å². The first-order chi connectivity index (χ1) is 10.4. The average molecular weight is 290 g/mol. The van der Waals surface area contributed by atoms with E-state index in [1.807, 2.05) is 6.07 Å². The summed E-state index contributed by atoms with van der Waals surface area (Å²) in [6.45, 7) is 0. The van der Waals surface area contributed by atoms with E-state index in [1.165, 1.54) is 21.9 Å². The van der Waals surface area contributed by atoms with E-state index in [9.17, 15) is 0 Å². The molecular formula is C18H15N2P. The zero-order valence-corrected chi connectivity index (χ0v) is 12.7. The van der Waals surface area contributed by atoms with Gasteiger partial charge in [-0.3, -0.25) is 0 Å². The monoisotopic (exact) mass is 290 g/mol. The molecule has 0 spiro atoms. The van der Waals surface area contributed by atoms with E-state index in [1.54, 1.807) is 0 Å². The second-order valence-corrected chi connectivity index (χ2v) is 5.49. The SMILES string of the molecule is PCc1c2ccccc2nn1-c1cccc2ccccc12. The summed E-state index contributed by atoms with van der Waals surface area (Å²) in [7, 11) is 2.82. The number of aromatic nitrogens is 2. The third kappa shape index (κ3) is 1.95. The lowest BCUT2D eigenvalue weighted by atomic mass is 10.1. The minimum absolute atomic E-state index is 0.879. The van der Waals surface area contributed by atoms with Crippen LogP contribution in [0.15, 0.2) is 66.7 Å². The zero-order valence-electron chi connectivity index (χ0n) is 11.5. The van der Waals surface area contributed by atoms with E-state index < -0.39 is 0 Å². The lowest BCUT2D eigenvalue weighted by molar-refractivity contribution is 0.862. The molecule has 1 atom stereocenters. The Kier molecular flexibility index (Phi) is 2.98. The number of hydrogen-bond donors (Lipinski definition) is 0. The first kappa shape index (κ1) is 12.6. The fourth-order valence-electron chi connectivity index (χ4n) is 2.88. The average Bonchev–Trinajstić information content (AvgIpc) is 2.92. The molecule has 0 radical (unpaired) electrons. The van der Waals surface area contributed by atoms with Crippen LogP contribution in [0.2, 0.25) is 0 Å². The topological polar surface area (TPSA) is 17.8 Å². The molecule has 1 aromatic heterocycles. The summed E-state index contributed by atoms with van der Waals surface area (Å²) in [5.74, 6) is 0. The molecule has 4 aromatic rings. The summed E-state index contributed by atoms with van der Waals surface area (Å²) in [6, 6.07) is 23.1. The van der Waals surface area contributed by atoms with Gasteiger partial charge in [0, 0.05) is 16.9 Å². The summed E-state index contributed by atoms with van der Waals surface area (Å²) in [6.07, 6.45) is 0.879. The maximum Gasteiger partial charge on any atom is 0.0930 e. The molecule has 0 saturated carbocycles. The van der Waals surface area contributed by atoms with Gasteiger partial charge in [-0.05, 0) is 17.5 Å². The van der Waals surface area contributed by atoms with Crippen LogP contribution in [0.4, 0.5) is 0 Å². The first-order valence-electron chi connectivity index (χ1n) is 7.03. The number of benzene rings is 3. The van der Waals surface area contributed by atoms with Gasteiger partial charge in [-0.25, -0.2) is 4.68 Å². The summed E-state index contributed by atoms with van der Waals surface area (Å²) in [5, 5.41) is 8.50. The second kappa shape index (κ2) is 4.98. The Balaban J connectivity index is 2.09. The van der Waals surface area contributed by atoms with Crippen molar-refractivity contribution in [3.05, 3.63) is 72.4 Å². The van der Waals surface area contributed by atoms with Crippen LogP contribution in [0, 0.1) is 0 Å². The molecule has 21 heavy (non-hydrogen) atoms. The predicted molar refractivity (Wildman–Crippen MR) is 92.0 cm³/mol. The Hall–Kier alpha value is -2.18. The van der Waals surface area contributed by atoms with E-state index in [0.717, 1.165) is 17.4 Å². The third-order valence-corrected chi connectivity index (χ3v) is 4.25. The summed E-state index contributed by atoms with van der Waals surface area (Å²) in [5.41, 5.74) is 3.41. The van der Waals surface area contributed by atoms with Crippen molar-refractivity contribution >= 4 is 30.9 Å². The summed E-state index contributed by atoms with van der Waals surface area (Å²) < 4.78 is 2.08. The molecular weight excluding hydrogens is 275 g/mol. The number of fused-ring (bicyclic) bond motifs is 2. The Morgan fingerprint density at radius 1 is 0.810 bits per heavy atom. The van der Waals surface area contributed by atoms with Gasteiger partial charge >= 0.3 is 0 Å². The van der Waals surface area contributed by atoms with Crippen LogP contribution >= 0.6 is 9.24 Å². The van der Waals surface area contributed by atoms with Gasteiger partial charge in [0.15, 0.2) is 0 Å². The molecule has 3 heteroatoms. The molecule has 102 valence electrons. The molecule has 1 heterocycles. The molecule has 0 aliphatic carbocycles. The molecule has 0 aliphatic rings. The summed E-state index contributed by atoms with van der Waals surface area (Å²) >= 11 is 0. The normalized spacial score (nSPS) is 11.3. The van der Waals surface area contributed by atoms with Crippen LogP contribution in [0.25, 0.3) is 27.4 Å². The Labute approximate surface area is 125 Å². The van der Waals surface area contributed by atoms with E-state index in [0.29, 0.717) is 0 Å². The van der Waals surface area contributed by atoms with Crippen molar-refractivity contribution in [2.45, 2.75) is 6.16 Å². The van der Waals surface area contributed by atoms with Gasteiger partial charge in [-0.15, -0.1) is 9.24 Å². The zero-order chi connectivity index (χ0) is 14.2. The highest BCUT2D eigenvalue weighted by Crippen LogP contribution is 2.28. The Bertz CT molecular complexity index is 935. The van der Waals surface area contributed by atoms with Gasteiger partial charge in [0.25, 0.3) is 0 Å². The minimum Gasteiger partial charge on any atom is -0.236 e. The lowest BCUT2D eigenvalue weighted by Gasteiger charge is -2.09. The van der Waals surface area contributed by atoms with Crippen LogP contribution in [0.3, 0.4) is 0 Å². The van der Waals surface area contributed by atoms with Gasteiger partial charge in [0.1, 0.15) is 0 Å². The highest BCUT2D eigenvalue weighted by Gasteiger charge is 2.12. The number of hydrogen-bond acceptors (Lipinski definition) is 1. The molecule has 0 aliphatic heterocycles. The van der Waals surface area contributed by atoms with Gasteiger partial charge in [-0.2, -0.15) is 5.10 Å². The van der Waals surface area contributed by atoms with E-state index in [-0.39, 0.29) is 0 Å². The third-order valence-electron chi connectivity index (χ3n) is 3.87. The number of nitrogens with zero attached hydrogens (tertiary/aromatic N) is 2. The lowest BCUT2D eigenvalue weighted by Crippen LogP contribution is -2.01. The van der Waals surface area contributed by atoms with Gasteiger partial charge in [0.05, 0.1) is 16.9 Å². The van der Waals surface area contributed by atoms with E-state index in [4.69, 9.17) is 5.10 Å². The van der Waals surface area contributed by atoms with Crippen LogP contribution in [0.5, 0.6) is 0 Å². The molecule has 0 saturated heterocycles. The molecule has 0 fully saturated rings. The van der Waals surface area contributed by atoms with Crippen LogP contribution in [0.1, 0.15) is 5.69 Å². The second-order valence-electron chi connectivity index (χ2n) is 5.08. The maximum atomic E-state index is 4.81. The molecule has 1 unspecified atom stereocenters. The van der Waals surface area contributed by atoms with E-state index in [2.05, 4.69) is 74.6 Å². The molecule has 3 aromatic carbocycles. The largest absolute Gasteiger partial charge is 0.236 e. The highest BCUT2D eigenvalue weighted by molar-refractivity contribution is 7.15. The maximum absolute atomic E-state index is 4.81. The van der Waals surface area contributed by atoms with E-state index >= 15 is 0 Å². The Morgan fingerprint density at radius 2 is 1.52 bits per heavy atom. The van der Waals surface area contributed by atoms with Gasteiger partial charge in [-0.1, -0.05) is 54.6 Å². The summed E-state index contributed by atoms with van der Waals surface area (Å²) in [4.78, 5) is 0. The van der Waals surface area contributed by atoms with Gasteiger partial charge in [0.2, 0.25) is 0 Å². The predicted octanol–water partition coefficient (Wildman–Crippen LogP) is 4.55. The first-order valence-corrected chi connectivity index (χ1v) is 7.85. The van der Waals surface area contributed by atoms with Crippen molar-refractivity contribution in [2.24, 2.45) is 0 Å². The molecule has 0 N–H and O–H groups in total. The van der Waals surface area contributed by atoms with Crippen molar-refractivity contribution in [1.82, 2.24) is 9.78 Å². The van der Waals surface area contributed by atoms with Crippen molar-refractivity contribution in [1.29, 1.82) is 0 Å². The smallest absolute Gasteiger partial charge is 0.0930 e. The van der Waals surface area contributed by atoms with Crippen molar-refractivity contribution in [3.63, 3.8) is 0 Å². The van der Waals surface area contributed by atoms with Gasteiger partial charge < -0.3 is 0 Å². The van der Waals surface area contributed by atoms with Crippen LogP contribution < -0.4 is 0 Å². The van der Waals surface area contributed by atoms with Crippen molar-refractivity contribution in [3.8, 4) is 5.69 Å². The molecule has 0 amide bonds. The van der Waals surface area contributed by atoms with Crippen molar-refractivity contribution in [2.75, 3.05) is 0 Å². The fraction of sp³-hybridized carbons (Fsp3) is 0.0556. The number of rotatable bonds is 2. The Morgan fingerprint density at radius 3 is 2.38 bits per heavy atom. The highest BCUT2D eigenvalue weighted by atomic mass is 31.0. The molecule has 2 nitrogen and oxygen atoms in total. The molecule has 0 bridgehead atoms. The quantitative estimate of drug-likeness (QED) is 0.495.